The first-order chi connectivity index (χ1) is 21.5. The lowest BCUT2D eigenvalue weighted by Gasteiger charge is -2.29. The molecule has 4 heteroatoms. The predicted octanol–water partition coefficient (Wildman–Crippen LogP) is 9.81. The Labute approximate surface area is 264 Å². The lowest BCUT2D eigenvalue weighted by Crippen LogP contribution is -2.26. The number of nitrogens with zero attached hydrogens (tertiary/aromatic N) is 3. The molecule has 230 valence electrons. The molecule has 0 heterocycles. The van der Waals surface area contributed by atoms with E-state index in [9.17, 15) is 0 Å². The second-order valence-electron chi connectivity index (χ2n) is 11.4. The summed E-state index contributed by atoms with van der Waals surface area (Å²) in [6.07, 6.45) is 0. The predicted molar refractivity (Wildman–Crippen MR) is 191 cm³/mol. The molecule has 0 amide bonds. The third kappa shape index (κ3) is 6.01. The van der Waals surface area contributed by atoms with Gasteiger partial charge in [-0.05, 0) is 106 Å². The summed E-state index contributed by atoms with van der Waals surface area (Å²) in [5.41, 5.74) is 7.77. The molecule has 0 N–H and O–H groups in total. The van der Waals surface area contributed by atoms with E-state index >= 15 is 0 Å². The molecular formula is C40H49N3O. The van der Waals surface area contributed by atoms with E-state index in [1.807, 2.05) is 5.06 Å². The van der Waals surface area contributed by atoms with E-state index in [2.05, 4.69) is 149 Å². The molecule has 0 spiro atoms. The molecule has 0 atom stereocenters. The van der Waals surface area contributed by atoms with Crippen molar-refractivity contribution in [2.75, 3.05) is 49.1 Å². The summed E-state index contributed by atoms with van der Waals surface area (Å²) in [4.78, 5) is 11.3. The maximum absolute atomic E-state index is 6.38. The van der Waals surface area contributed by atoms with E-state index in [4.69, 9.17) is 4.84 Å². The molecule has 0 aliphatic rings. The summed E-state index contributed by atoms with van der Waals surface area (Å²) in [5, 5.41) is 7.21. The summed E-state index contributed by atoms with van der Waals surface area (Å²) >= 11 is 0. The maximum atomic E-state index is 6.38. The van der Waals surface area contributed by atoms with Crippen LogP contribution in [0.2, 0.25) is 0 Å². The van der Waals surface area contributed by atoms with E-state index in [0.29, 0.717) is 0 Å². The van der Waals surface area contributed by atoms with Gasteiger partial charge >= 0.3 is 0 Å². The molecule has 5 aromatic rings. The fraction of sp³-hybridized carbons (Fsp3) is 0.350. The molecule has 44 heavy (non-hydrogen) atoms. The molecule has 0 bridgehead atoms. The second kappa shape index (κ2) is 14.2. The molecule has 0 radical (unpaired) electrons. The first kappa shape index (κ1) is 31.4. The monoisotopic (exact) mass is 587 g/mol. The van der Waals surface area contributed by atoms with E-state index in [1.54, 1.807) is 0 Å². The smallest absolute Gasteiger partial charge is 0.147 e. The van der Waals surface area contributed by atoms with Crippen molar-refractivity contribution in [3.05, 3.63) is 113 Å². The van der Waals surface area contributed by atoms with Crippen LogP contribution in [0.25, 0.3) is 21.5 Å². The van der Waals surface area contributed by atoms with E-state index in [0.717, 1.165) is 45.0 Å². The highest BCUT2D eigenvalue weighted by Gasteiger charge is 2.26. The maximum Gasteiger partial charge on any atom is 0.147 e. The topological polar surface area (TPSA) is 19.0 Å². The number of rotatable bonds is 13. The summed E-state index contributed by atoms with van der Waals surface area (Å²) in [5.74, 6) is 0.897. The number of hydrogen-bond donors (Lipinski definition) is 0. The standard InChI is InChI=1S/C40H49N3O/c1-8-41(9-2)38-26-24-35(31-18-14-16-20-33(31)38)40(37-28-30(23-22-29(37)7)44-43(12-5)13-6)36-25-27-39(42(10-3)11-4)34-21-17-15-19-32(34)36/h14-28,40H,8-13H2,1-7H3. The zero-order chi connectivity index (χ0) is 31.2. The van der Waals surface area contributed by atoms with Gasteiger partial charge in [-0.15, -0.1) is 5.06 Å². The van der Waals surface area contributed by atoms with Gasteiger partial charge in [0, 0.05) is 67.3 Å². The Morgan fingerprint density at radius 2 is 0.955 bits per heavy atom. The SMILES string of the molecule is CCN(CC)Oc1ccc(C)c(C(c2ccc(N(CC)CC)c3ccccc23)c2ccc(N(CC)CC)c3ccccc23)c1. The third-order valence-electron chi connectivity index (χ3n) is 9.20. The highest BCUT2D eigenvalue weighted by atomic mass is 16.7. The van der Waals surface area contributed by atoms with Crippen LogP contribution in [0.3, 0.4) is 0 Å². The number of hydroxylamine groups is 2. The van der Waals surface area contributed by atoms with Crippen LogP contribution in [0.1, 0.15) is 69.7 Å². The van der Waals surface area contributed by atoms with Gasteiger partial charge in [-0.3, -0.25) is 0 Å². The molecule has 0 aliphatic carbocycles. The van der Waals surface area contributed by atoms with Gasteiger partial charge in [-0.1, -0.05) is 66.7 Å². The van der Waals surface area contributed by atoms with Gasteiger partial charge in [0.05, 0.1) is 0 Å². The number of benzene rings is 5. The van der Waals surface area contributed by atoms with Crippen LogP contribution in [0.15, 0.2) is 91.0 Å². The molecule has 0 aromatic heterocycles. The Morgan fingerprint density at radius 1 is 0.500 bits per heavy atom. The van der Waals surface area contributed by atoms with Crippen molar-refractivity contribution in [3.63, 3.8) is 0 Å². The van der Waals surface area contributed by atoms with Crippen LogP contribution in [0, 0.1) is 6.92 Å². The van der Waals surface area contributed by atoms with Crippen molar-refractivity contribution in [2.45, 2.75) is 54.4 Å². The Morgan fingerprint density at radius 3 is 1.39 bits per heavy atom. The van der Waals surface area contributed by atoms with Crippen LogP contribution in [-0.4, -0.2) is 44.3 Å². The fourth-order valence-electron chi connectivity index (χ4n) is 6.79. The van der Waals surface area contributed by atoms with Crippen molar-refractivity contribution in [3.8, 4) is 5.75 Å². The second-order valence-corrected chi connectivity index (χ2v) is 11.4. The average molecular weight is 588 g/mol. The molecule has 5 rings (SSSR count). The lowest BCUT2D eigenvalue weighted by atomic mass is 9.79. The zero-order valence-electron chi connectivity index (χ0n) is 27.7. The van der Waals surface area contributed by atoms with E-state index in [1.165, 1.54) is 55.2 Å². The number of anilines is 2. The summed E-state index contributed by atoms with van der Waals surface area (Å²) in [6, 6.07) is 34.0. The summed E-state index contributed by atoms with van der Waals surface area (Å²) in [7, 11) is 0. The average Bonchev–Trinajstić information content (AvgIpc) is 3.07. The molecule has 0 saturated carbocycles. The van der Waals surface area contributed by atoms with Gasteiger partial charge in [0.1, 0.15) is 5.75 Å². The quantitative estimate of drug-likeness (QED) is 0.101. The van der Waals surface area contributed by atoms with E-state index < -0.39 is 0 Å². The largest absolute Gasteiger partial charge is 0.406 e. The Balaban J connectivity index is 1.83. The Hall–Kier alpha value is -4.02. The van der Waals surface area contributed by atoms with Crippen LogP contribution in [0.5, 0.6) is 5.75 Å². The van der Waals surface area contributed by atoms with E-state index in [-0.39, 0.29) is 5.92 Å². The summed E-state index contributed by atoms with van der Waals surface area (Å²) in [6.45, 7) is 21.0. The van der Waals surface area contributed by atoms with Gasteiger partial charge in [-0.25, -0.2) is 0 Å². The highest BCUT2D eigenvalue weighted by molar-refractivity contribution is 6.00. The van der Waals surface area contributed by atoms with Gasteiger partial charge < -0.3 is 14.6 Å². The van der Waals surface area contributed by atoms with Crippen LogP contribution in [-0.2, 0) is 0 Å². The lowest BCUT2D eigenvalue weighted by molar-refractivity contribution is -0.0487. The number of hydrogen-bond acceptors (Lipinski definition) is 4. The molecule has 5 aromatic carbocycles. The van der Waals surface area contributed by atoms with Gasteiger partial charge in [-0.2, -0.15) is 0 Å². The highest BCUT2D eigenvalue weighted by Crippen LogP contribution is 2.44. The van der Waals surface area contributed by atoms with Crippen LogP contribution >= 0.6 is 0 Å². The molecule has 4 nitrogen and oxygen atoms in total. The van der Waals surface area contributed by atoms with Crippen LogP contribution in [0.4, 0.5) is 11.4 Å². The molecule has 0 saturated heterocycles. The summed E-state index contributed by atoms with van der Waals surface area (Å²) < 4.78 is 0. The van der Waals surface area contributed by atoms with Gasteiger partial charge in [0.25, 0.3) is 0 Å². The molecule has 0 unspecified atom stereocenters. The fourth-order valence-corrected chi connectivity index (χ4v) is 6.79. The van der Waals surface area contributed by atoms with Crippen molar-refractivity contribution in [1.29, 1.82) is 0 Å². The van der Waals surface area contributed by atoms with Crippen molar-refractivity contribution in [2.24, 2.45) is 0 Å². The van der Waals surface area contributed by atoms with Crippen molar-refractivity contribution in [1.82, 2.24) is 5.06 Å². The Kier molecular flexibility index (Phi) is 10.1. The minimum atomic E-state index is 0.0153. The zero-order valence-corrected chi connectivity index (χ0v) is 27.7. The van der Waals surface area contributed by atoms with Crippen molar-refractivity contribution >= 4 is 32.9 Å². The first-order valence-electron chi connectivity index (χ1n) is 16.6. The number of aryl methyl sites for hydroxylation is 1. The van der Waals surface area contributed by atoms with Crippen LogP contribution < -0.4 is 14.6 Å². The third-order valence-corrected chi connectivity index (χ3v) is 9.20. The number of fused-ring (bicyclic) bond motifs is 2. The minimum absolute atomic E-state index is 0.0153. The molecule has 0 fully saturated rings. The van der Waals surface area contributed by atoms with Gasteiger partial charge in [0.15, 0.2) is 0 Å². The van der Waals surface area contributed by atoms with Gasteiger partial charge in [0.2, 0.25) is 0 Å². The normalized spacial score (nSPS) is 11.6. The minimum Gasteiger partial charge on any atom is -0.406 e. The molecular weight excluding hydrogens is 538 g/mol. The Bertz CT molecular complexity index is 1600. The molecule has 0 aliphatic heterocycles. The first-order valence-corrected chi connectivity index (χ1v) is 16.6. The van der Waals surface area contributed by atoms with Crippen molar-refractivity contribution < 1.29 is 4.84 Å².